The zero-order valence-electron chi connectivity index (χ0n) is 16.3. The van der Waals surface area contributed by atoms with Crippen molar-refractivity contribution >= 4 is 29.6 Å². The first-order valence-electron chi connectivity index (χ1n) is 9.51. The van der Waals surface area contributed by atoms with Crippen molar-refractivity contribution in [2.45, 2.75) is 23.8 Å². The molecule has 1 saturated heterocycles. The van der Waals surface area contributed by atoms with Gasteiger partial charge >= 0.3 is 6.03 Å². The van der Waals surface area contributed by atoms with Gasteiger partial charge in [-0.1, -0.05) is 30.3 Å². The smallest absolute Gasteiger partial charge is 0.344 e. The van der Waals surface area contributed by atoms with Gasteiger partial charge in [0.1, 0.15) is 5.54 Å². The Bertz CT molecular complexity index is 984. The Morgan fingerprint density at radius 1 is 1.13 bits per heavy atom. The van der Waals surface area contributed by atoms with Gasteiger partial charge < -0.3 is 14.8 Å². The van der Waals surface area contributed by atoms with E-state index in [0.29, 0.717) is 30.3 Å². The molecule has 2 aromatic rings. The molecule has 9 heteroatoms. The lowest BCUT2D eigenvalue weighted by Crippen LogP contribution is -2.48. The number of rotatable bonds is 5. The molecule has 2 heterocycles. The molecule has 0 aliphatic carbocycles. The van der Waals surface area contributed by atoms with Gasteiger partial charge in [-0.2, -0.15) is 5.01 Å². The highest BCUT2D eigenvalue weighted by Crippen LogP contribution is 2.34. The number of nitrogens with one attached hydrogen (secondary N) is 2. The summed E-state index contributed by atoms with van der Waals surface area (Å²) in [5.41, 5.74) is 1.81. The van der Waals surface area contributed by atoms with E-state index in [2.05, 4.69) is 10.7 Å². The van der Waals surface area contributed by atoms with Crippen molar-refractivity contribution in [3.8, 4) is 11.5 Å². The highest BCUT2D eigenvalue weighted by Gasteiger charge is 2.49. The first kappa shape index (κ1) is 20.1. The second-order valence-electron chi connectivity index (χ2n) is 7.04. The van der Waals surface area contributed by atoms with Gasteiger partial charge in [-0.05, 0) is 30.7 Å². The second kappa shape index (κ2) is 8.27. The standard InChI is InChI=1S/C21H21N3O5S/c1-21(14-6-3-2-4-7-14)19(26)24(20(27)22-21)23-18(25)13-30-15-8-9-16-17(12-15)29-11-5-10-28-16/h2-4,6-9,12H,5,10-11,13H2,1H3,(H,22,27)(H,23,25)/t21-/m0/s1. The molecule has 0 spiro atoms. The van der Waals surface area contributed by atoms with E-state index in [1.165, 1.54) is 11.8 Å². The molecule has 0 radical (unpaired) electrons. The van der Waals surface area contributed by atoms with Crippen LogP contribution in [0.15, 0.2) is 53.4 Å². The van der Waals surface area contributed by atoms with Crippen LogP contribution in [-0.4, -0.2) is 41.8 Å². The van der Waals surface area contributed by atoms with Crippen molar-refractivity contribution in [2.24, 2.45) is 0 Å². The quantitative estimate of drug-likeness (QED) is 0.562. The number of hydrogen-bond donors (Lipinski definition) is 2. The van der Waals surface area contributed by atoms with Crippen LogP contribution >= 0.6 is 11.8 Å². The summed E-state index contributed by atoms with van der Waals surface area (Å²) in [5, 5.41) is 3.39. The maximum absolute atomic E-state index is 12.8. The Morgan fingerprint density at radius 2 is 1.87 bits per heavy atom. The van der Waals surface area contributed by atoms with Gasteiger partial charge in [0.05, 0.1) is 19.0 Å². The minimum atomic E-state index is -1.23. The van der Waals surface area contributed by atoms with Crippen LogP contribution in [0.5, 0.6) is 11.5 Å². The van der Waals surface area contributed by atoms with Gasteiger partial charge in [-0.15, -0.1) is 11.8 Å². The molecule has 4 amide bonds. The monoisotopic (exact) mass is 427 g/mol. The third-order valence-corrected chi connectivity index (χ3v) is 5.86. The third kappa shape index (κ3) is 3.93. The van der Waals surface area contributed by atoms with Crippen LogP contribution in [0, 0.1) is 0 Å². The molecular weight excluding hydrogens is 406 g/mol. The highest BCUT2D eigenvalue weighted by molar-refractivity contribution is 8.00. The molecule has 2 N–H and O–H groups in total. The molecule has 1 atom stereocenters. The summed E-state index contributed by atoms with van der Waals surface area (Å²) in [6.45, 7) is 2.80. The van der Waals surface area contributed by atoms with E-state index in [-0.39, 0.29) is 5.75 Å². The molecule has 2 aliphatic rings. The molecule has 30 heavy (non-hydrogen) atoms. The van der Waals surface area contributed by atoms with Crippen LogP contribution in [-0.2, 0) is 15.1 Å². The molecule has 0 saturated carbocycles. The maximum atomic E-state index is 12.8. The normalized spacial score (nSPS) is 20.5. The average Bonchev–Trinajstić information content (AvgIpc) is 2.92. The Labute approximate surface area is 177 Å². The van der Waals surface area contributed by atoms with Crippen LogP contribution < -0.4 is 20.2 Å². The molecule has 0 bridgehead atoms. The number of ether oxygens (including phenoxy) is 2. The number of benzene rings is 2. The van der Waals surface area contributed by atoms with Crippen LogP contribution in [0.2, 0.25) is 0 Å². The Balaban J connectivity index is 1.38. The van der Waals surface area contributed by atoms with Crippen LogP contribution in [0.3, 0.4) is 0 Å². The van der Waals surface area contributed by atoms with Crippen LogP contribution in [0.1, 0.15) is 18.9 Å². The van der Waals surface area contributed by atoms with Crippen molar-refractivity contribution in [3.63, 3.8) is 0 Å². The number of hydrazine groups is 1. The summed E-state index contributed by atoms with van der Waals surface area (Å²) < 4.78 is 11.2. The van der Waals surface area contributed by atoms with Crippen molar-refractivity contribution in [3.05, 3.63) is 54.1 Å². The zero-order chi connectivity index (χ0) is 21.1. The van der Waals surface area contributed by atoms with E-state index in [1.807, 2.05) is 24.3 Å². The lowest BCUT2D eigenvalue weighted by molar-refractivity contribution is -0.138. The number of nitrogens with zero attached hydrogens (tertiary/aromatic N) is 1. The molecule has 0 aromatic heterocycles. The number of carbonyl (C=O) groups excluding carboxylic acids is 3. The van der Waals surface area contributed by atoms with Crippen LogP contribution in [0.25, 0.3) is 0 Å². The SMILES string of the molecule is C[C@@]1(c2ccccc2)NC(=O)N(NC(=O)CSc2ccc3c(c2)OCCCO3)C1=O. The molecular formula is C21H21N3O5S. The Hall–Kier alpha value is -3.20. The largest absolute Gasteiger partial charge is 0.490 e. The number of urea groups is 1. The van der Waals surface area contributed by atoms with Crippen LogP contribution in [0.4, 0.5) is 4.79 Å². The molecule has 1 fully saturated rings. The summed E-state index contributed by atoms with van der Waals surface area (Å²) in [5.74, 6) is 0.352. The number of fused-ring (bicyclic) bond motifs is 1. The summed E-state index contributed by atoms with van der Waals surface area (Å²) in [6.07, 6.45) is 0.813. The summed E-state index contributed by atoms with van der Waals surface area (Å²) >= 11 is 1.27. The third-order valence-electron chi connectivity index (χ3n) is 4.87. The number of amides is 4. The van der Waals surface area contributed by atoms with Crippen molar-refractivity contribution in [1.29, 1.82) is 0 Å². The molecule has 0 unspecified atom stereocenters. The first-order valence-corrected chi connectivity index (χ1v) is 10.5. The van der Waals surface area contributed by atoms with Crippen molar-refractivity contribution in [2.75, 3.05) is 19.0 Å². The van der Waals surface area contributed by atoms with E-state index < -0.39 is 23.4 Å². The van der Waals surface area contributed by atoms with E-state index >= 15 is 0 Å². The maximum Gasteiger partial charge on any atom is 0.344 e. The second-order valence-corrected chi connectivity index (χ2v) is 8.09. The fourth-order valence-electron chi connectivity index (χ4n) is 3.25. The summed E-state index contributed by atoms with van der Waals surface area (Å²) in [4.78, 5) is 38.4. The molecule has 156 valence electrons. The summed E-state index contributed by atoms with van der Waals surface area (Å²) in [7, 11) is 0. The predicted octanol–water partition coefficient (Wildman–Crippen LogP) is 2.44. The fourth-order valence-corrected chi connectivity index (χ4v) is 3.96. The molecule has 8 nitrogen and oxygen atoms in total. The van der Waals surface area contributed by atoms with Gasteiger partial charge in [0.25, 0.3) is 5.91 Å². The Morgan fingerprint density at radius 3 is 2.63 bits per heavy atom. The number of carbonyl (C=O) groups is 3. The van der Waals surface area contributed by atoms with Gasteiger partial charge in [-0.3, -0.25) is 15.0 Å². The molecule has 2 aromatic carbocycles. The topological polar surface area (TPSA) is 97.0 Å². The predicted molar refractivity (Wildman–Crippen MR) is 110 cm³/mol. The van der Waals surface area contributed by atoms with Gasteiger partial charge in [0, 0.05) is 11.3 Å². The number of thioether (sulfide) groups is 1. The number of imide groups is 1. The van der Waals surface area contributed by atoms with Gasteiger partial charge in [-0.25, -0.2) is 4.79 Å². The molecule has 4 rings (SSSR count). The minimum Gasteiger partial charge on any atom is -0.490 e. The van der Waals surface area contributed by atoms with E-state index in [1.54, 1.807) is 31.2 Å². The number of hydrogen-bond acceptors (Lipinski definition) is 6. The van der Waals surface area contributed by atoms with Crippen molar-refractivity contribution < 1.29 is 23.9 Å². The lowest BCUT2D eigenvalue weighted by atomic mass is 9.92. The van der Waals surface area contributed by atoms with Gasteiger partial charge in [0.15, 0.2) is 11.5 Å². The zero-order valence-corrected chi connectivity index (χ0v) is 17.2. The molecule has 2 aliphatic heterocycles. The van der Waals surface area contributed by atoms with E-state index in [0.717, 1.165) is 16.3 Å². The fraction of sp³-hybridized carbons (Fsp3) is 0.286. The minimum absolute atomic E-state index is 0.0265. The first-order chi connectivity index (χ1) is 14.5. The summed E-state index contributed by atoms with van der Waals surface area (Å²) in [6, 6.07) is 13.7. The van der Waals surface area contributed by atoms with Crippen molar-refractivity contribution in [1.82, 2.24) is 15.8 Å². The van der Waals surface area contributed by atoms with E-state index in [4.69, 9.17) is 9.47 Å². The van der Waals surface area contributed by atoms with Gasteiger partial charge in [0.2, 0.25) is 5.91 Å². The Kier molecular flexibility index (Phi) is 5.54. The van der Waals surface area contributed by atoms with E-state index in [9.17, 15) is 14.4 Å². The average molecular weight is 427 g/mol. The lowest BCUT2D eigenvalue weighted by Gasteiger charge is -2.22. The highest BCUT2D eigenvalue weighted by atomic mass is 32.2.